The molecule has 0 N–H and O–H groups in total. The SMILES string of the molecule is O=C(CSc1nc2sc3c(c2c(=O)n1-c1ccccc1F)CCCC3)N1CCc2ccccc21. The van der Waals surface area contributed by atoms with Crippen molar-refractivity contribution < 1.29 is 9.18 Å². The second kappa shape index (κ2) is 8.67. The number of para-hydroxylation sites is 2. The number of aryl methyl sites for hydroxylation is 2. The summed E-state index contributed by atoms with van der Waals surface area (Å²) in [6.45, 7) is 0.642. The van der Waals surface area contributed by atoms with Crippen LogP contribution in [0, 0.1) is 5.82 Å². The van der Waals surface area contributed by atoms with Gasteiger partial charge in [0.05, 0.1) is 16.8 Å². The van der Waals surface area contributed by atoms with Crippen LogP contribution < -0.4 is 10.5 Å². The zero-order chi connectivity index (χ0) is 23.2. The van der Waals surface area contributed by atoms with Gasteiger partial charge in [0, 0.05) is 17.1 Å². The van der Waals surface area contributed by atoms with E-state index in [1.54, 1.807) is 34.4 Å². The monoisotopic (exact) mass is 491 g/mol. The van der Waals surface area contributed by atoms with Crippen LogP contribution in [0.15, 0.2) is 58.5 Å². The fraction of sp³-hybridized carbons (Fsp3) is 0.269. The minimum Gasteiger partial charge on any atom is -0.311 e. The molecule has 172 valence electrons. The highest BCUT2D eigenvalue weighted by molar-refractivity contribution is 7.99. The third-order valence-electron chi connectivity index (χ3n) is 6.56. The minimum absolute atomic E-state index is 0.0464. The highest BCUT2D eigenvalue weighted by atomic mass is 32.2. The van der Waals surface area contributed by atoms with Gasteiger partial charge >= 0.3 is 0 Å². The second-order valence-electron chi connectivity index (χ2n) is 8.59. The summed E-state index contributed by atoms with van der Waals surface area (Å²) in [6, 6.07) is 14.2. The van der Waals surface area contributed by atoms with E-state index in [1.807, 2.05) is 24.3 Å². The maximum atomic E-state index is 14.8. The molecule has 0 saturated heterocycles. The fourth-order valence-electron chi connectivity index (χ4n) is 4.93. The first-order chi connectivity index (χ1) is 16.6. The maximum Gasteiger partial charge on any atom is 0.267 e. The van der Waals surface area contributed by atoms with E-state index in [0.717, 1.165) is 48.9 Å². The molecule has 3 heterocycles. The Morgan fingerprint density at radius 2 is 1.79 bits per heavy atom. The molecule has 2 aromatic heterocycles. The van der Waals surface area contributed by atoms with Crippen molar-refractivity contribution in [2.24, 2.45) is 0 Å². The second-order valence-corrected chi connectivity index (χ2v) is 10.6. The number of carbonyl (C=O) groups excluding carboxylic acids is 1. The lowest BCUT2D eigenvalue weighted by molar-refractivity contribution is -0.116. The number of carbonyl (C=O) groups is 1. The van der Waals surface area contributed by atoms with Gasteiger partial charge in [-0.1, -0.05) is 42.1 Å². The van der Waals surface area contributed by atoms with E-state index in [1.165, 1.54) is 27.3 Å². The zero-order valence-corrected chi connectivity index (χ0v) is 20.1. The van der Waals surface area contributed by atoms with Gasteiger partial charge in [-0.15, -0.1) is 11.3 Å². The molecule has 0 radical (unpaired) electrons. The molecule has 1 amide bonds. The van der Waals surface area contributed by atoms with Crippen molar-refractivity contribution in [2.45, 2.75) is 37.3 Å². The van der Waals surface area contributed by atoms with E-state index < -0.39 is 5.82 Å². The molecule has 0 bridgehead atoms. The van der Waals surface area contributed by atoms with Crippen molar-refractivity contribution in [3.63, 3.8) is 0 Å². The van der Waals surface area contributed by atoms with Crippen LogP contribution in [0.3, 0.4) is 0 Å². The van der Waals surface area contributed by atoms with Gasteiger partial charge in [-0.25, -0.2) is 9.37 Å². The Bertz CT molecular complexity index is 1490. The van der Waals surface area contributed by atoms with Crippen LogP contribution in [-0.2, 0) is 24.1 Å². The zero-order valence-electron chi connectivity index (χ0n) is 18.4. The average molecular weight is 492 g/mol. The Kier molecular flexibility index (Phi) is 5.50. The highest BCUT2D eigenvalue weighted by Crippen LogP contribution is 2.36. The lowest BCUT2D eigenvalue weighted by atomic mass is 9.97. The van der Waals surface area contributed by atoms with Gasteiger partial charge in [0.25, 0.3) is 5.56 Å². The molecule has 0 atom stereocenters. The van der Waals surface area contributed by atoms with Gasteiger partial charge in [-0.3, -0.25) is 14.2 Å². The number of nitrogens with zero attached hydrogens (tertiary/aromatic N) is 3. The van der Waals surface area contributed by atoms with Gasteiger partial charge in [0.1, 0.15) is 10.6 Å². The van der Waals surface area contributed by atoms with Crippen LogP contribution in [0.4, 0.5) is 10.1 Å². The number of fused-ring (bicyclic) bond motifs is 4. The molecule has 5 nitrogen and oxygen atoms in total. The number of aromatic nitrogens is 2. The Labute approximate surface area is 204 Å². The van der Waals surface area contributed by atoms with Crippen molar-refractivity contribution in [3.8, 4) is 5.69 Å². The molecule has 8 heteroatoms. The predicted molar refractivity (Wildman–Crippen MR) is 135 cm³/mol. The van der Waals surface area contributed by atoms with Crippen LogP contribution in [0.1, 0.15) is 28.8 Å². The van der Waals surface area contributed by atoms with Gasteiger partial charge in [0.15, 0.2) is 5.16 Å². The first-order valence-electron chi connectivity index (χ1n) is 11.4. The molecule has 1 aliphatic heterocycles. The van der Waals surface area contributed by atoms with Crippen LogP contribution in [0.25, 0.3) is 15.9 Å². The van der Waals surface area contributed by atoms with E-state index in [4.69, 9.17) is 4.98 Å². The molecular weight excluding hydrogens is 469 g/mol. The number of thioether (sulfide) groups is 1. The molecule has 1 aliphatic carbocycles. The van der Waals surface area contributed by atoms with Gasteiger partial charge in [-0.05, 0) is 61.4 Å². The standard InChI is InChI=1S/C26H22FN3O2S2/c27-18-9-3-5-11-20(18)30-25(32)23-17-8-2-6-12-21(17)34-24(23)28-26(30)33-15-22(31)29-14-13-16-7-1-4-10-19(16)29/h1,3-5,7,9-11H,2,6,8,12-15H2. The molecule has 34 heavy (non-hydrogen) atoms. The van der Waals surface area contributed by atoms with Crippen molar-refractivity contribution in [2.75, 3.05) is 17.2 Å². The summed E-state index contributed by atoms with van der Waals surface area (Å²) in [5.41, 5.74) is 3.08. The third kappa shape index (κ3) is 3.56. The van der Waals surface area contributed by atoms with Crippen molar-refractivity contribution >= 4 is 44.9 Å². The Morgan fingerprint density at radius 1 is 1.03 bits per heavy atom. The highest BCUT2D eigenvalue weighted by Gasteiger charge is 2.27. The Morgan fingerprint density at radius 3 is 2.65 bits per heavy atom. The Balaban J connectivity index is 1.41. The maximum absolute atomic E-state index is 14.8. The van der Waals surface area contributed by atoms with Gasteiger partial charge in [-0.2, -0.15) is 0 Å². The topological polar surface area (TPSA) is 55.2 Å². The summed E-state index contributed by atoms with van der Waals surface area (Å²) < 4.78 is 16.2. The molecule has 0 fully saturated rings. The van der Waals surface area contributed by atoms with Crippen molar-refractivity contribution in [3.05, 3.63) is 80.7 Å². The van der Waals surface area contributed by atoms with Crippen molar-refractivity contribution in [1.82, 2.24) is 9.55 Å². The molecular formula is C26H22FN3O2S2. The van der Waals surface area contributed by atoms with E-state index in [9.17, 15) is 14.0 Å². The minimum atomic E-state index is -0.489. The quantitative estimate of drug-likeness (QED) is 0.293. The van der Waals surface area contributed by atoms with Crippen LogP contribution in [0.2, 0.25) is 0 Å². The fourth-order valence-corrected chi connectivity index (χ4v) is 7.11. The first-order valence-corrected chi connectivity index (χ1v) is 13.3. The summed E-state index contributed by atoms with van der Waals surface area (Å²) in [5.74, 6) is -0.419. The number of anilines is 1. The first kappa shape index (κ1) is 21.6. The number of hydrogen-bond donors (Lipinski definition) is 0. The lowest BCUT2D eigenvalue weighted by Gasteiger charge is -2.18. The molecule has 4 aromatic rings. The van der Waals surface area contributed by atoms with E-state index in [0.29, 0.717) is 21.9 Å². The number of amides is 1. The number of benzene rings is 2. The molecule has 0 saturated carbocycles. The number of halogens is 1. The smallest absolute Gasteiger partial charge is 0.267 e. The van der Waals surface area contributed by atoms with Gasteiger partial charge < -0.3 is 4.90 Å². The summed E-state index contributed by atoms with van der Waals surface area (Å²) in [5, 5.41) is 0.953. The third-order valence-corrected chi connectivity index (χ3v) is 8.67. The van der Waals surface area contributed by atoms with E-state index >= 15 is 0 Å². The molecule has 6 rings (SSSR count). The summed E-state index contributed by atoms with van der Waals surface area (Å²) in [4.78, 5) is 35.4. The largest absolute Gasteiger partial charge is 0.311 e. The molecule has 0 unspecified atom stereocenters. The van der Waals surface area contributed by atoms with E-state index in [2.05, 4.69) is 0 Å². The Hall–Kier alpha value is -2.97. The summed E-state index contributed by atoms with van der Waals surface area (Å²) >= 11 is 2.76. The number of hydrogen-bond acceptors (Lipinski definition) is 5. The molecule has 2 aromatic carbocycles. The summed E-state index contributed by atoms with van der Waals surface area (Å²) in [6.07, 6.45) is 4.78. The number of thiophene rings is 1. The molecule has 2 aliphatic rings. The van der Waals surface area contributed by atoms with Gasteiger partial charge in [0.2, 0.25) is 5.91 Å². The summed E-state index contributed by atoms with van der Waals surface area (Å²) in [7, 11) is 0. The predicted octanol–water partition coefficient (Wildman–Crippen LogP) is 5.15. The normalized spacial score (nSPS) is 14.9. The average Bonchev–Trinajstić information content (AvgIpc) is 3.45. The van der Waals surface area contributed by atoms with Crippen LogP contribution >= 0.6 is 23.1 Å². The van der Waals surface area contributed by atoms with Crippen LogP contribution in [0.5, 0.6) is 0 Å². The van der Waals surface area contributed by atoms with Crippen molar-refractivity contribution in [1.29, 1.82) is 0 Å². The molecule has 0 spiro atoms. The van der Waals surface area contributed by atoms with Crippen LogP contribution in [-0.4, -0.2) is 27.8 Å². The number of rotatable bonds is 4. The van der Waals surface area contributed by atoms with E-state index in [-0.39, 0.29) is 22.9 Å². The lowest BCUT2D eigenvalue weighted by Crippen LogP contribution is -2.31.